The quantitative estimate of drug-likeness (QED) is 0.355. The third kappa shape index (κ3) is 7.41. The van der Waals surface area contributed by atoms with Gasteiger partial charge in [0.2, 0.25) is 0 Å². The molecule has 30 heavy (non-hydrogen) atoms. The maximum atomic E-state index is 12.9. The molecule has 7 nitrogen and oxygen atoms in total. The Kier molecular flexibility index (Phi) is 8.25. The van der Waals surface area contributed by atoms with Crippen molar-refractivity contribution in [1.29, 1.82) is 0 Å². The van der Waals surface area contributed by atoms with Gasteiger partial charge < -0.3 is 20.0 Å². The first-order valence-corrected chi connectivity index (χ1v) is 9.11. The number of aliphatic imine (C=N–C) groups is 1. The first-order chi connectivity index (χ1) is 14.2. The maximum absolute atomic E-state index is 12.9. The Morgan fingerprint density at radius 1 is 1.20 bits per heavy atom. The van der Waals surface area contributed by atoms with Crippen LogP contribution in [0.3, 0.4) is 0 Å². The maximum Gasteiger partial charge on any atom is 0.394 e. The molecule has 0 fully saturated rings. The van der Waals surface area contributed by atoms with E-state index in [1.54, 1.807) is 24.3 Å². The fraction of sp³-hybridized carbons (Fsp3) is 0.250. The number of halogens is 3. The minimum absolute atomic E-state index is 0.0270. The molecule has 10 heteroatoms. The van der Waals surface area contributed by atoms with Gasteiger partial charge in [-0.3, -0.25) is 4.79 Å². The fourth-order valence-electron chi connectivity index (χ4n) is 2.25. The van der Waals surface area contributed by atoms with Crippen LogP contribution in [0.15, 0.2) is 58.7 Å². The summed E-state index contributed by atoms with van der Waals surface area (Å²) in [6.45, 7) is 3.50. The molecular formula is C20H20ClF2N3O4. The van der Waals surface area contributed by atoms with Crippen LogP contribution >= 0.6 is 11.6 Å². The summed E-state index contributed by atoms with van der Waals surface area (Å²) in [5, 5.41) is 16.4. The Balaban J connectivity index is 1.95. The van der Waals surface area contributed by atoms with Crippen LogP contribution < -0.4 is 10.1 Å². The molecule has 0 aromatic heterocycles. The average Bonchev–Trinajstić information content (AvgIpc) is 2.70. The number of hydrogen-bond donors (Lipinski definition) is 2. The molecule has 0 aliphatic carbocycles. The monoisotopic (exact) mass is 439 g/mol. The van der Waals surface area contributed by atoms with Gasteiger partial charge in [0.15, 0.2) is 5.84 Å². The minimum atomic E-state index is -3.30. The molecule has 0 heterocycles. The lowest BCUT2D eigenvalue weighted by Gasteiger charge is -2.15. The first kappa shape index (κ1) is 23.2. The summed E-state index contributed by atoms with van der Waals surface area (Å²) in [5.74, 6) is -0.352. The van der Waals surface area contributed by atoms with E-state index in [2.05, 4.69) is 26.9 Å². The normalized spacial score (nSPS) is 12.8. The number of hydrogen-bond acceptors (Lipinski definition) is 5. The van der Waals surface area contributed by atoms with Crippen molar-refractivity contribution in [1.82, 2.24) is 5.32 Å². The van der Waals surface area contributed by atoms with E-state index < -0.39 is 18.1 Å². The predicted molar refractivity (Wildman–Crippen MR) is 110 cm³/mol. The van der Waals surface area contributed by atoms with E-state index in [1.807, 2.05) is 0 Å². The van der Waals surface area contributed by atoms with Crippen LogP contribution in [-0.4, -0.2) is 48.9 Å². The van der Waals surface area contributed by atoms with Crippen LogP contribution in [0.25, 0.3) is 0 Å². The van der Waals surface area contributed by atoms with Crippen LogP contribution in [0, 0.1) is 0 Å². The lowest BCUT2D eigenvalue weighted by atomic mass is 10.2. The van der Waals surface area contributed by atoms with Gasteiger partial charge in [-0.05, 0) is 55.2 Å². The number of nitrogens with zero attached hydrogens (tertiary/aromatic N) is 2. The Hall–Kier alpha value is -3.04. The zero-order valence-electron chi connectivity index (χ0n) is 16.0. The van der Waals surface area contributed by atoms with Gasteiger partial charge in [0, 0.05) is 23.1 Å². The van der Waals surface area contributed by atoms with E-state index >= 15 is 0 Å². The number of amides is 1. The molecule has 2 aromatic carbocycles. The number of benzene rings is 2. The van der Waals surface area contributed by atoms with E-state index in [1.165, 1.54) is 24.3 Å². The Labute approximate surface area is 177 Å². The minimum Gasteiger partial charge on any atom is -0.433 e. The number of rotatable bonds is 9. The van der Waals surface area contributed by atoms with Crippen molar-refractivity contribution >= 4 is 30.1 Å². The lowest BCUT2D eigenvalue weighted by molar-refractivity contribution is -0.158. The summed E-state index contributed by atoms with van der Waals surface area (Å²) >= 11 is 5.79. The van der Waals surface area contributed by atoms with E-state index in [9.17, 15) is 18.7 Å². The second kappa shape index (κ2) is 10.7. The molecule has 1 amide bonds. The number of aliphatic hydroxyl groups is 1. The fourth-order valence-corrected chi connectivity index (χ4v) is 2.38. The van der Waals surface area contributed by atoms with Crippen LogP contribution in [0.1, 0.15) is 22.8 Å². The molecule has 2 N–H and O–H groups in total. The van der Waals surface area contributed by atoms with E-state index in [-0.39, 0.29) is 24.8 Å². The van der Waals surface area contributed by atoms with Gasteiger partial charge in [-0.2, -0.15) is 8.78 Å². The molecule has 0 saturated heterocycles. The highest BCUT2D eigenvalue weighted by Crippen LogP contribution is 2.21. The molecule has 2 rings (SSSR count). The largest absolute Gasteiger partial charge is 0.433 e. The Bertz CT molecular complexity index is 884. The number of carbonyl (C=O) groups is 1. The van der Waals surface area contributed by atoms with Crippen molar-refractivity contribution < 1.29 is 28.3 Å². The first-order valence-electron chi connectivity index (χ1n) is 8.73. The third-order valence-electron chi connectivity index (χ3n) is 3.65. The third-order valence-corrected chi connectivity index (χ3v) is 3.90. The van der Waals surface area contributed by atoms with Gasteiger partial charge in [0.1, 0.15) is 12.4 Å². The lowest BCUT2D eigenvalue weighted by Crippen LogP contribution is -2.40. The number of carbonyl (C=O) groups excluding carboxylic acids is 1. The molecule has 160 valence electrons. The molecular weight excluding hydrogens is 420 g/mol. The van der Waals surface area contributed by atoms with Crippen molar-refractivity contribution in [2.24, 2.45) is 10.1 Å². The highest BCUT2D eigenvalue weighted by molar-refractivity contribution is 6.30. The van der Waals surface area contributed by atoms with Crippen LogP contribution in [0.5, 0.6) is 5.75 Å². The van der Waals surface area contributed by atoms with Crippen LogP contribution in [-0.2, 0) is 4.84 Å². The predicted octanol–water partition coefficient (Wildman–Crippen LogP) is 3.50. The summed E-state index contributed by atoms with van der Waals surface area (Å²) in [6, 6.07) is 11.1. The van der Waals surface area contributed by atoms with Gasteiger partial charge in [0.05, 0.1) is 12.6 Å². The second-order valence-corrected chi connectivity index (χ2v) is 6.60. The Morgan fingerprint density at radius 2 is 1.80 bits per heavy atom. The second-order valence-electron chi connectivity index (χ2n) is 6.16. The van der Waals surface area contributed by atoms with E-state index in [0.717, 1.165) is 0 Å². The van der Waals surface area contributed by atoms with Crippen molar-refractivity contribution in [2.45, 2.75) is 19.1 Å². The van der Waals surface area contributed by atoms with Crippen molar-refractivity contribution in [3.8, 4) is 5.75 Å². The standard InChI is InChI=1S/C20H20ClF2N3O4/c1-20(22,23)30-17-9-5-13(6-10-17)18(24-2)26-29-12-16(11-27)25-19(28)14-3-7-15(21)8-4-14/h3-10,16,27H,2,11-12H2,1H3,(H,25,28)/b26-18-/t16-/m1/s1. The summed E-state index contributed by atoms with van der Waals surface area (Å²) in [6.07, 6.45) is -3.30. The molecule has 0 aliphatic heterocycles. The number of nitrogens with one attached hydrogen (secondary N) is 1. The SMILES string of the molecule is C=N/C(=N\OC[C@@H](CO)NC(=O)c1ccc(Cl)cc1)c1ccc(OC(C)(F)F)cc1. The molecule has 0 aliphatic rings. The van der Waals surface area contributed by atoms with Gasteiger partial charge >= 0.3 is 6.11 Å². The summed E-state index contributed by atoms with van der Waals surface area (Å²) in [4.78, 5) is 21.1. The highest BCUT2D eigenvalue weighted by atomic mass is 35.5. The zero-order chi connectivity index (χ0) is 22.1. The van der Waals surface area contributed by atoms with Crippen molar-refractivity contribution in [3.63, 3.8) is 0 Å². The molecule has 1 atom stereocenters. The topological polar surface area (TPSA) is 92.5 Å². The number of aliphatic hydroxyl groups excluding tert-OH is 1. The van der Waals surface area contributed by atoms with E-state index in [4.69, 9.17) is 16.4 Å². The van der Waals surface area contributed by atoms with Crippen LogP contribution in [0.4, 0.5) is 8.78 Å². The average molecular weight is 440 g/mol. The van der Waals surface area contributed by atoms with Crippen molar-refractivity contribution in [3.05, 3.63) is 64.7 Å². The Morgan fingerprint density at radius 3 is 2.33 bits per heavy atom. The summed E-state index contributed by atoms with van der Waals surface area (Å²) < 4.78 is 30.2. The molecule has 2 aromatic rings. The van der Waals surface area contributed by atoms with E-state index in [0.29, 0.717) is 23.1 Å². The number of oxime groups is 1. The summed E-state index contributed by atoms with van der Waals surface area (Å²) in [5.41, 5.74) is 0.817. The number of amidine groups is 1. The molecule has 0 unspecified atom stereocenters. The smallest absolute Gasteiger partial charge is 0.394 e. The molecule has 0 saturated carbocycles. The zero-order valence-corrected chi connectivity index (χ0v) is 16.8. The van der Waals surface area contributed by atoms with Gasteiger partial charge in [-0.15, -0.1) is 0 Å². The highest BCUT2D eigenvalue weighted by Gasteiger charge is 2.23. The molecule has 0 radical (unpaired) electrons. The summed E-state index contributed by atoms with van der Waals surface area (Å²) in [7, 11) is 0. The molecule has 0 bridgehead atoms. The van der Waals surface area contributed by atoms with Gasteiger partial charge in [0.25, 0.3) is 5.91 Å². The number of alkyl halides is 2. The van der Waals surface area contributed by atoms with Crippen LogP contribution in [0.2, 0.25) is 5.02 Å². The van der Waals surface area contributed by atoms with Gasteiger partial charge in [-0.1, -0.05) is 16.8 Å². The number of ether oxygens (including phenoxy) is 1. The molecule has 0 spiro atoms. The van der Waals surface area contributed by atoms with Gasteiger partial charge in [-0.25, -0.2) is 4.99 Å². The van der Waals surface area contributed by atoms with Crippen molar-refractivity contribution in [2.75, 3.05) is 13.2 Å².